The molecule has 0 atom stereocenters. The Morgan fingerprint density at radius 3 is 2.74 bits per heavy atom. The summed E-state index contributed by atoms with van der Waals surface area (Å²) in [5.74, 6) is -1.35. The van der Waals surface area contributed by atoms with Crippen molar-refractivity contribution in [3.8, 4) is 10.6 Å². The van der Waals surface area contributed by atoms with E-state index in [0.29, 0.717) is 15.6 Å². The van der Waals surface area contributed by atoms with Crippen LogP contribution in [-0.4, -0.2) is 21.0 Å². The molecule has 1 N–H and O–H groups in total. The zero-order chi connectivity index (χ0) is 16.4. The first-order valence-electron chi connectivity index (χ1n) is 6.18. The molecule has 3 rings (SSSR count). The van der Waals surface area contributed by atoms with Gasteiger partial charge in [-0.2, -0.15) is 0 Å². The maximum absolute atomic E-state index is 11.9. The first-order valence-corrected chi connectivity index (χ1v) is 7.38. The second-order valence-electron chi connectivity index (χ2n) is 4.24. The molecule has 0 aliphatic heterocycles. The molecule has 0 radical (unpaired) electrons. The van der Waals surface area contributed by atoms with Crippen molar-refractivity contribution >= 4 is 39.9 Å². The van der Waals surface area contributed by atoms with Crippen molar-refractivity contribution in [3.63, 3.8) is 0 Å². The summed E-state index contributed by atoms with van der Waals surface area (Å²) >= 11 is 7.20. The number of anilines is 1. The van der Waals surface area contributed by atoms with Crippen LogP contribution in [0, 0.1) is 10.1 Å². The second-order valence-corrected chi connectivity index (χ2v) is 5.63. The zero-order valence-electron chi connectivity index (χ0n) is 11.2. The number of furan rings is 1. The zero-order valence-corrected chi connectivity index (χ0v) is 12.8. The van der Waals surface area contributed by atoms with E-state index in [0.717, 1.165) is 17.4 Å². The molecule has 116 valence electrons. The standard InChI is InChI=1S/C13H7ClN4O4S/c14-8-4-2-1-3-7(8)12-16-17-13(23-12)15-11(19)9-5-6-10(22-9)18(20)21/h1-6H,(H,15,17,19). The molecule has 0 spiro atoms. The summed E-state index contributed by atoms with van der Waals surface area (Å²) in [6.07, 6.45) is 0. The van der Waals surface area contributed by atoms with E-state index in [4.69, 9.17) is 16.0 Å². The van der Waals surface area contributed by atoms with Gasteiger partial charge in [-0.15, -0.1) is 10.2 Å². The maximum atomic E-state index is 11.9. The third-order valence-electron chi connectivity index (χ3n) is 2.75. The minimum absolute atomic E-state index is 0.189. The Bertz CT molecular complexity index is 891. The predicted octanol–water partition coefficient (Wildman–Crippen LogP) is 3.61. The van der Waals surface area contributed by atoms with E-state index in [1.165, 1.54) is 6.07 Å². The molecular formula is C13H7ClN4O4S. The second kappa shape index (κ2) is 6.15. The van der Waals surface area contributed by atoms with Crippen LogP contribution in [0.1, 0.15) is 10.6 Å². The third-order valence-corrected chi connectivity index (χ3v) is 3.95. The van der Waals surface area contributed by atoms with Gasteiger partial charge in [0.05, 0.1) is 11.1 Å². The fourth-order valence-corrected chi connectivity index (χ4v) is 2.78. The number of nitrogens with zero attached hydrogens (tertiary/aromatic N) is 3. The Morgan fingerprint density at radius 1 is 1.26 bits per heavy atom. The third kappa shape index (κ3) is 3.20. The molecule has 8 nitrogen and oxygen atoms in total. The summed E-state index contributed by atoms with van der Waals surface area (Å²) in [5, 5.41) is 22.1. The number of carbonyl (C=O) groups excluding carboxylic acids is 1. The van der Waals surface area contributed by atoms with Crippen molar-refractivity contribution < 1.29 is 14.1 Å². The fourth-order valence-electron chi connectivity index (χ4n) is 1.72. The van der Waals surface area contributed by atoms with Gasteiger partial charge in [0.25, 0.3) is 5.91 Å². The lowest BCUT2D eigenvalue weighted by atomic mass is 10.2. The molecule has 2 heterocycles. The Morgan fingerprint density at radius 2 is 2.04 bits per heavy atom. The first kappa shape index (κ1) is 15.1. The van der Waals surface area contributed by atoms with Gasteiger partial charge < -0.3 is 4.42 Å². The molecule has 23 heavy (non-hydrogen) atoms. The molecule has 0 unspecified atom stereocenters. The van der Waals surface area contributed by atoms with Gasteiger partial charge in [-0.25, -0.2) is 0 Å². The van der Waals surface area contributed by atoms with Crippen LogP contribution in [0.5, 0.6) is 0 Å². The van der Waals surface area contributed by atoms with Gasteiger partial charge >= 0.3 is 5.88 Å². The topological polar surface area (TPSA) is 111 Å². The van der Waals surface area contributed by atoms with Crippen LogP contribution in [0.2, 0.25) is 5.02 Å². The molecular weight excluding hydrogens is 344 g/mol. The van der Waals surface area contributed by atoms with Crippen molar-refractivity contribution in [1.29, 1.82) is 0 Å². The van der Waals surface area contributed by atoms with E-state index in [9.17, 15) is 14.9 Å². The average Bonchev–Trinajstić information content (AvgIpc) is 3.16. The minimum atomic E-state index is -0.725. The lowest BCUT2D eigenvalue weighted by Gasteiger charge is -1.97. The van der Waals surface area contributed by atoms with Gasteiger partial charge in [0, 0.05) is 5.56 Å². The number of halogens is 1. The van der Waals surface area contributed by atoms with Crippen molar-refractivity contribution in [2.75, 3.05) is 5.32 Å². The molecule has 10 heteroatoms. The van der Waals surface area contributed by atoms with Gasteiger partial charge in [-0.1, -0.05) is 41.1 Å². The fraction of sp³-hybridized carbons (Fsp3) is 0. The van der Waals surface area contributed by atoms with Crippen molar-refractivity contribution in [1.82, 2.24) is 10.2 Å². The lowest BCUT2D eigenvalue weighted by Crippen LogP contribution is -2.10. The summed E-state index contributed by atoms with van der Waals surface area (Å²) in [6, 6.07) is 9.42. The molecule has 0 fully saturated rings. The summed E-state index contributed by atoms with van der Waals surface area (Å²) in [5.41, 5.74) is 0.695. The monoisotopic (exact) mass is 350 g/mol. The van der Waals surface area contributed by atoms with E-state index >= 15 is 0 Å². The van der Waals surface area contributed by atoms with E-state index in [2.05, 4.69) is 15.5 Å². The number of amides is 1. The largest absolute Gasteiger partial charge is 0.433 e. The SMILES string of the molecule is O=C(Nc1nnc(-c2ccccc2Cl)s1)c1ccc([N+](=O)[O-])o1. The Balaban J connectivity index is 1.77. The van der Waals surface area contributed by atoms with Crippen molar-refractivity contribution in [2.45, 2.75) is 0 Å². The molecule has 3 aromatic rings. The van der Waals surface area contributed by atoms with Crippen molar-refractivity contribution in [3.05, 3.63) is 57.3 Å². The Kier molecular flexibility index (Phi) is 4.04. The number of rotatable bonds is 4. The van der Waals surface area contributed by atoms with Gasteiger partial charge in [0.15, 0.2) is 10.8 Å². The van der Waals surface area contributed by atoms with Crippen LogP contribution in [0.25, 0.3) is 10.6 Å². The van der Waals surface area contributed by atoms with Crippen LogP contribution >= 0.6 is 22.9 Å². The molecule has 1 aromatic carbocycles. The van der Waals surface area contributed by atoms with E-state index in [1.54, 1.807) is 18.2 Å². The van der Waals surface area contributed by atoms with Gasteiger partial charge in [-0.3, -0.25) is 20.2 Å². The average molecular weight is 351 g/mol. The summed E-state index contributed by atoms with van der Waals surface area (Å²) in [4.78, 5) is 21.8. The first-order chi connectivity index (χ1) is 11.0. The lowest BCUT2D eigenvalue weighted by molar-refractivity contribution is -0.402. The molecule has 0 aliphatic rings. The smallest absolute Gasteiger partial charge is 0.395 e. The summed E-state index contributed by atoms with van der Waals surface area (Å²) < 4.78 is 4.81. The molecule has 2 aromatic heterocycles. The number of nitrogens with one attached hydrogen (secondary N) is 1. The predicted molar refractivity (Wildman–Crippen MR) is 83.7 cm³/mol. The number of benzene rings is 1. The van der Waals surface area contributed by atoms with E-state index < -0.39 is 16.7 Å². The highest BCUT2D eigenvalue weighted by molar-refractivity contribution is 7.18. The van der Waals surface area contributed by atoms with Gasteiger partial charge in [-0.05, 0) is 12.1 Å². The summed E-state index contributed by atoms with van der Waals surface area (Å²) in [7, 11) is 0. The quantitative estimate of drug-likeness (QED) is 0.568. The van der Waals surface area contributed by atoms with Crippen LogP contribution in [-0.2, 0) is 0 Å². The highest BCUT2D eigenvalue weighted by atomic mass is 35.5. The van der Waals surface area contributed by atoms with E-state index in [-0.39, 0.29) is 10.9 Å². The Labute approximate surface area is 137 Å². The minimum Gasteiger partial charge on any atom is -0.395 e. The highest BCUT2D eigenvalue weighted by Gasteiger charge is 2.19. The van der Waals surface area contributed by atoms with Crippen molar-refractivity contribution in [2.24, 2.45) is 0 Å². The van der Waals surface area contributed by atoms with Gasteiger partial charge in [0.2, 0.25) is 5.13 Å². The van der Waals surface area contributed by atoms with Crippen LogP contribution < -0.4 is 5.32 Å². The molecule has 0 saturated carbocycles. The molecule has 0 aliphatic carbocycles. The summed E-state index contributed by atoms with van der Waals surface area (Å²) in [6.45, 7) is 0. The number of hydrogen-bond donors (Lipinski definition) is 1. The number of hydrogen-bond acceptors (Lipinski definition) is 7. The molecule has 0 bridgehead atoms. The maximum Gasteiger partial charge on any atom is 0.433 e. The van der Waals surface area contributed by atoms with Crippen LogP contribution in [0.15, 0.2) is 40.8 Å². The van der Waals surface area contributed by atoms with Crippen LogP contribution in [0.3, 0.4) is 0 Å². The molecule has 1 amide bonds. The molecule has 0 saturated heterocycles. The van der Waals surface area contributed by atoms with Gasteiger partial charge in [0.1, 0.15) is 4.92 Å². The highest BCUT2D eigenvalue weighted by Crippen LogP contribution is 2.31. The normalized spacial score (nSPS) is 10.5. The number of aromatic nitrogens is 2. The number of nitro groups is 1. The van der Waals surface area contributed by atoms with Crippen LogP contribution in [0.4, 0.5) is 11.0 Å². The Hall–Kier alpha value is -2.78. The van der Waals surface area contributed by atoms with E-state index in [1.807, 2.05) is 6.07 Å². The number of carbonyl (C=O) groups is 1.